The zero-order valence-corrected chi connectivity index (χ0v) is 10.9. The van der Waals surface area contributed by atoms with Gasteiger partial charge in [0, 0.05) is 17.7 Å². The highest BCUT2D eigenvalue weighted by Gasteiger charge is 1.97. The van der Waals surface area contributed by atoms with E-state index in [0.29, 0.717) is 5.57 Å². The Kier molecular flexibility index (Phi) is 10.0. The average Bonchev–Trinajstić information content (AvgIpc) is 2.17. The number of carboxylic acids is 2. The first-order chi connectivity index (χ1) is 7.68. The van der Waals surface area contributed by atoms with Gasteiger partial charge in [-0.3, -0.25) is 0 Å². The second-order valence-corrected chi connectivity index (χ2v) is 3.87. The molecule has 0 aliphatic carbocycles. The smallest absolute Gasteiger partial charge is 0.330 e. The van der Waals surface area contributed by atoms with E-state index >= 15 is 0 Å². The summed E-state index contributed by atoms with van der Waals surface area (Å²) < 4.78 is 0. The molecular weight excluding hydrogens is 222 g/mol. The van der Waals surface area contributed by atoms with Crippen molar-refractivity contribution >= 4 is 11.9 Å². The predicted octanol–water partition coefficient (Wildman–Crippen LogP) is 1.62. The summed E-state index contributed by atoms with van der Waals surface area (Å²) in [5, 5.41) is 16.4. The molecule has 98 valence electrons. The Balaban J connectivity index is 0. The maximum Gasteiger partial charge on any atom is 0.330 e. The summed E-state index contributed by atoms with van der Waals surface area (Å²) in [7, 11) is 3.92. The minimum absolute atomic E-state index is 0.176. The van der Waals surface area contributed by atoms with Crippen LogP contribution in [-0.2, 0) is 9.59 Å². The summed E-state index contributed by atoms with van der Waals surface area (Å²) in [6, 6.07) is 0. The van der Waals surface area contributed by atoms with Gasteiger partial charge >= 0.3 is 11.9 Å². The first kappa shape index (κ1) is 17.8. The molecule has 5 heteroatoms. The van der Waals surface area contributed by atoms with Crippen LogP contribution in [0.4, 0.5) is 0 Å². The van der Waals surface area contributed by atoms with Gasteiger partial charge in [0.1, 0.15) is 0 Å². The Morgan fingerprint density at radius 1 is 1.18 bits per heavy atom. The molecule has 17 heavy (non-hydrogen) atoms. The molecule has 0 spiro atoms. The highest BCUT2D eigenvalue weighted by Crippen LogP contribution is 1.95. The lowest BCUT2D eigenvalue weighted by atomic mass is 10.2. The third kappa shape index (κ3) is 14.4. The minimum atomic E-state index is -0.935. The first-order valence-electron chi connectivity index (χ1n) is 5.12. The van der Waals surface area contributed by atoms with Gasteiger partial charge in [-0.1, -0.05) is 12.7 Å². The highest BCUT2D eigenvalue weighted by atomic mass is 16.4. The molecule has 5 nitrogen and oxygen atoms in total. The lowest BCUT2D eigenvalue weighted by Crippen LogP contribution is -2.12. The number of hydrogen-bond acceptors (Lipinski definition) is 3. The van der Waals surface area contributed by atoms with E-state index in [4.69, 9.17) is 10.2 Å². The lowest BCUT2D eigenvalue weighted by molar-refractivity contribution is -0.133. The molecule has 0 heterocycles. The molecule has 0 aromatic rings. The summed E-state index contributed by atoms with van der Waals surface area (Å²) in [6.07, 6.45) is 2.54. The molecule has 0 aromatic heterocycles. The molecular formula is C12H21NO4. The summed E-state index contributed by atoms with van der Waals surface area (Å²) in [5.41, 5.74) is 0.599. The SMILES string of the molecule is C=C(C)C(=O)O.CC(=CCCN(C)C)C(=O)O. The molecule has 0 aliphatic rings. The zero-order valence-electron chi connectivity index (χ0n) is 10.9. The summed E-state index contributed by atoms with van der Waals surface area (Å²) in [5.74, 6) is -1.77. The molecule has 0 fully saturated rings. The molecule has 0 aliphatic heterocycles. The lowest BCUT2D eigenvalue weighted by Gasteiger charge is -2.05. The van der Waals surface area contributed by atoms with E-state index in [1.165, 1.54) is 6.92 Å². The van der Waals surface area contributed by atoms with Crippen molar-refractivity contribution in [3.63, 3.8) is 0 Å². The van der Waals surface area contributed by atoms with Crippen molar-refractivity contribution in [3.8, 4) is 0 Å². The van der Waals surface area contributed by atoms with Crippen LogP contribution in [-0.4, -0.2) is 47.7 Å². The monoisotopic (exact) mass is 243 g/mol. The Labute approximate surface area is 102 Å². The van der Waals surface area contributed by atoms with Gasteiger partial charge in [0.25, 0.3) is 0 Å². The van der Waals surface area contributed by atoms with Crippen LogP contribution in [0.25, 0.3) is 0 Å². The van der Waals surface area contributed by atoms with Gasteiger partial charge in [-0.05, 0) is 34.4 Å². The van der Waals surface area contributed by atoms with Gasteiger partial charge in [-0.15, -0.1) is 0 Å². The van der Waals surface area contributed by atoms with Gasteiger partial charge in [-0.25, -0.2) is 9.59 Å². The fourth-order valence-electron chi connectivity index (χ4n) is 0.627. The van der Waals surface area contributed by atoms with Crippen molar-refractivity contribution in [2.45, 2.75) is 20.3 Å². The third-order valence-electron chi connectivity index (χ3n) is 1.73. The topological polar surface area (TPSA) is 77.8 Å². The van der Waals surface area contributed by atoms with E-state index in [1.54, 1.807) is 13.0 Å². The molecule has 0 unspecified atom stereocenters. The van der Waals surface area contributed by atoms with Crippen molar-refractivity contribution in [1.82, 2.24) is 4.90 Å². The van der Waals surface area contributed by atoms with E-state index in [-0.39, 0.29) is 5.57 Å². The van der Waals surface area contributed by atoms with Crippen LogP contribution >= 0.6 is 0 Å². The number of rotatable bonds is 5. The fraction of sp³-hybridized carbons (Fsp3) is 0.500. The van der Waals surface area contributed by atoms with Crippen molar-refractivity contribution in [3.05, 3.63) is 23.8 Å². The second kappa shape index (κ2) is 9.59. The van der Waals surface area contributed by atoms with Crippen LogP contribution in [0.5, 0.6) is 0 Å². The van der Waals surface area contributed by atoms with Crippen LogP contribution in [0, 0.1) is 0 Å². The van der Waals surface area contributed by atoms with E-state index in [1.807, 2.05) is 19.0 Å². The van der Waals surface area contributed by atoms with E-state index < -0.39 is 11.9 Å². The summed E-state index contributed by atoms with van der Waals surface area (Å²) in [6.45, 7) is 7.10. The number of carbonyl (C=O) groups is 2. The predicted molar refractivity (Wildman–Crippen MR) is 67.0 cm³/mol. The van der Waals surface area contributed by atoms with Crippen LogP contribution in [0.3, 0.4) is 0 Å². The van der Waals surface area contributed by atoms with Crippen LogP contribution in [0.2, 0.25) is 0 Å². The van der Waals surface area contributed by atoms with Crippen LogP contribution < -0.4 is 0 Å². The number of aliphatic carboxylic acids is 2. The molecule has 0 saturated heterocycles. The summed E-state index contributed by atoms with van der Waals surface area (Å²) in [4.78, 5) is 21.9. The van der Waals surface area contributed by atoms with Crippen molar-refractivity contribution in [2.24, 2.45) is 0 Å². The standard InChI is InChI=1S/C8H15NO2.C4H6O2/c1-7(8(10)11)5-4-6-9(2)3;1-3(2)4(5)6/h5H,4,6H2,1-3H3,(H,10,11);1H2,2H3,(H,5,6). The third-order valence-corrected chi connectivity index (χ3v) is 1.73. The second-order valence-electron chi connectivity index (χ2n) is 3.87. The maximum absolute atomic E-state index is 10.3. The molecule has 0 aromatic carbocycles. The Morgan fingerprint density at radius 2 is 1.59 bits per heavy atom. The van der Waals surface area contributed by atoms with Gasteiger partial charge in [-0.2, -0.15) is 0 Å². The van der Waals surface area contributed by atoms with Crippen LogP contribution in [0.1, 0.15) is 20.3 Å². The minimum Gasteiger partial charge on any atom is -0.478 e. The van der Waals surface area contributed by atoms with Crippen molar-refractivity contribution in [1.29, 1.82) is 0 Å². The molecule has 0 rings (SSSR count). The first-order valence-corrected chi connectivity index (χ1v) is 5.12. The maximum atomic E-state index is 10.3. The number of carboxylic acid groups (broad SMARTS) is 2. The molecule has 2 N–H and O–H groups in total. The van der Waals surface area contributed by atoms with Crippen LogP contribution in [0.15, 0.2) is 23.8 Å². The van der Waals surface area contributed by atoms with Gasteiger partial charge < -0.3 is 15.1 Å². The van der Waals surface area contributed by atoms with E-state index in [0.717, 1.165) is 13.0 Å². The molecule has 0 saturated carbocycles. The Bertz CT molecular complexity index is 294. The number of hydrogen-bond donors (Lipinski definition) is 2. The molecule has 0 radical (unpaired) electrons. The molecule has 0 atom stereocenters. The summed E-state index contributed by atoms with van der Waals surface area (Å²) >= 11 is 0. The highest BCUT2D eigenvalue weighted by molar-refractivity contribution is 5.85. The largest absolute Gasteiger partial charge is 0.478 e. The Morgan fingerprint density at radius 3 is 1.82 bits per heavy atom. The molecule has 0 bridgehead atoms. The van der Waals surface area contributed by atoms with E-state index in [2.05, 4.69) is 6.58 Å². The van der Waals surface area contributed by atoms with Crippen molar-refractivity contribution < 1.29 is 19.8 Å². The zero-order chi connectivity index (χ0) is 14.0. The normalized spacial score (nSPS) is 10.5. The van der Waals surface area contributed by atoms with Gasteiger partial charge in [0.15, 0.2) is 0 Å². The van der Waals surface area contributed by atoms with E-state index in [9.17, 15) is 9.59 Å². The van der Waals surface area contributed by atoms with Crippen molar-refractivity contribution in [2.75, 3.05) is 20.6 Å². The fourth-order valence-corrected chi connectivity index (χ4v) is 0.627. The Hall–Kier alpha value is -1.62. The van der Waals surface area contributed by atoms with Gasteiger partial charge in [0.05, 0.1) is 0 Å². The quantitative estimate of drug-likeness (QED) is 0.717. The van der Waals surface area contributed by atoms with Gasteiger partial charge in [0.2, 0.25) is 0 Å². The number of nitrogens with zero attached hydrogens (tertiary/aromatic N) is 1. The average molecular weight is 243 g/mol. The molecule has 0 amide bonds.